The van der Waals surface area contributed by atoms with Crippen molar-refractivity contribution in [2.45, 2.75) is 26.7 Å². The first-order chi connectivity index (χ1) is 13.6. The van der Waals surface area contributed by atoms with Crippen LogP contribution in [-0.2, 0) is 0 Å². The van der Waals surface area contributed by atoms with Crippen molar-refractivity contribution in [3.63, 3.8) is 0 Å². The minimum absolute atomic E-state index is 0.0479. The van der Waals surface area contributed by atoms with E-state index >= 15 is 0 Å². The van der Waals surface area contributed by atoms with E-state index in [1.165, 1.54) is 16.9 Å². The van der Waals surface area contributed by atoms with E-state index in [1.54, 1.807) is 6.20 Å². The molecule has 0 aliphatic carbocycles. The van der Waals surface area contributed by atoms with Crippen LogP contribution < -0.4 is 5.32 Å². The molecule has 0 radical (unpaired) electrons. The summed E-state index contributed by atoms with van der Waals surface area (Å²) in [7, 11) is 0. The highest BCUT2D eigenvalue weighted by atomic mass is 32.1. The third kappa shape index (κ3) is 3.34. The average molecular weight is 390 g/mol. The molecule has 0 unspecified atom stereocenters. The van der Waals surface area contributed by atoms with Crippen molar-refractivity contribution in [2.75, 3.05) is 6.54 Å². The van der Waals surface area contributed by atoms with Crippen molar-refractivity contribution in [3.8, 4) is 5.69 Å². The maximum Gasteiger partial charge on any atom is 0.263 e. The fourth-order valence-electron chi connectivity index (χ4n) is 3.54. The number of rotatable bonds is 5. The number of thiophene rings is 1. The van der Waals surface area contributed by atoms with Crippen LogP contribution in [-0.4, -0.2) is 22.0 Å². The molecule has 5 heteroatoms. The molecule has 4 aromatic rings. The molecule has 1 amide bonds. The van der Waals surface area contributed by atoms with Gasteiger partial charge in [0.25, 0.3) is 5.91 Å². The van der Waals surface area contributed by atoms with Gasteiger partial charge in [-0.05, 0) is 49.6 Å². The smallest absolute Gasteiger partial charge is 0.263 e. The van der Waals surface area contributed by atoms with Crippen molar-refractivity contribution in [3.05, 3.63) is 82.6 Å². The minimum Gasteiger partial charge on any atom is -0.351 e. The van der Waals surface area contributed by atoms with Crippen molar-refractivity contribution in [1.29, 1.82) is 0 Å². The van der Waals surface area contributed by atoms with E-state index in [0.29, 0.717) is 11.4 Å². The van der Waals surface area contributed by atoms with E-state index in [9.17, 15) is 4.79 Å². The zero-order valence-corrected chi connectivity index (χ0v) is 17.1. The second-order valence-electron chi connectivity index (χ2n) is 7.11. The van der Waals surface area contributed by atoms with Crippen LogP contribution in [0, 0.1) is 13.8 Å². The largest absolute Gasteiger partial charge is 0.351 e. The highest BCUT2D eigenvalue weighted by Gasteiger charge is 2.22. The van der Waals surface area contributed by atoms with E-state index in [1.807, 2.05) is 30.3 Å². The van der Waals surface area contributed by atoms with Crippen LogP contribution in [0.2, 0.25) is 0 Å². The Kier molecular flexibility index (Phi) is 5.01. The number of benzene rings is 1. The Morgan fingerprint density at radius 2 is 1.79 bits per heavy atom. The Bertz CT molecular complexity index is 1110. The lowest BCUT2D eigenvalue weighted by Crippen LogP contribution is -2.27. The van der Waals surface area contributed by atoms with Gasteiger partial charge < -0.3 is 9.88 Å². The van der Waals surface area contributed by atoms with E-state index < -0.39 is 0 Å². The standard InChI is InChI=1S/C23H23N3OS/c1-15(18-8-5-4-6-9-18)14-25-22(27)21-20(26-16(2)11-12-17(26)3)19-10-7-13-24-23(19)28-21/h4-13,15H,14H2,1-3H3,(H,25,27)/t15-/m0/s1. The molecule has 3 heterocycles. The van der Waals surface area contributed by atoms with Gasteiger partial charge >= 0.3 is 0 Å². The number of aryl methyl sites for hydroxylation is 2. The molecule has 0 aliphatic rings. The van der Waals surface area contributed by atoms with E-state index in [2.05, 4.69) is 59.9 Å². The number of aromatic nitrogens is 2. The minimum atomic E-state index is -0.0479. The topological polar surface area (TPSA) is 46.9 Å². The number of hydrogen-bond acceptors (Lipinski definition) is 3. The summed E-state index contributed by atoms with van der Waals surface area (Å²) in [6.07, 6.45) is 1.77. The fourth-order valence-corrected chi connectivity index (χ4v) is 4.59. The molecule has 1 aromatic carbocycles. The summed E-state index contributed by atoms with van der Waals surface area (Å²) < 4.78 is 2.15. The molecule has 142 valence electrons. The van der Waals surface area contributed by atoms with Crippen LogP contribution >= 0.6 is 11.3 Å². The molecular weight excluding hydrogens is 366 g/mol. The van der Waals surface area contributed by atoms with E-state index in [4.69, 9.17) is 0 Å². The molecule has 0 aliphatic heterocycles. The summed E-state index contributed by atoms with van der Waals surface area (Å²) in [5.74, 6) is 0.199. The van der Waals surface area contributed by atoms with Crippen LogP contribution in [0.4, 0.5) is 0 Å². The lowest BCUT2D eigenvalue weighted by molar-refractivity contribution is 0.0956. The lowest BCUT2D eigenvalue weighted by Gasteiger charge is -2.14. The molecule has 3 aromatic heterocycles. The van der Waals surface area contributed by atoms with Gasteiger partial charge in [-0.1, -0.05) is 37.3 Å². The highest BCUT2D eigenvalue weighted by Crippen LogP contribution is 2.35. The second-order valence-corrected chi connectivity index (χ2v) is 8.11. The Hall–Kier alpha value is -2.92. The average Bonchev–Trinajstić information content (AvgIpc) is 3.25. The molecule has 0 bridgehead atoms. The summed E-state index contributed by atoms with van der Waals surface area (Å²) in [5, 5.41) is 4.14. The number of nitrogens with zero attached hydrogens (tertiary/aromatic N) is 2. The maximum atomic E-state index is 13.1. The third-order valence-corrected chi connectivity index (χ3v) is 6.18. The zero-order valence-electron chi connectivity index (χ0n) is 16.3. The van der Waals surface area contributed by atoms with Crippen LogP contribution in [0.3, 0.4) is 0 Å². The molecule has 0 spiro atoms. The molecule has 0 fully saturated rings. The van der Waals surface area contributed by atoms with Gasteiger partial charge in [-0.3, -0.25) is 4.79 Å². The Labute approximate surface area is 168 Å². The van der Waals surface area contributed by atoms with Crippen molar-refractivity contribution < 1.29 is 4.79 Å². The van der Waals surface area contributed by atoms with Gasteiger partial charge in [-0.15, -0.1) is 11.3 Å². The van der Waals surface area contributed by atoms with Crippen molar-refractivity contribution in [1.82, 2.24) is 14.9 Å². The molecule has 0 saturated carbocycles. The van der Waals surface area contributed by atoms with Gasteiger partial charge in [0.15, 0.2) is 0 Å². The molecule has 1 N–H and O–H groups in total. The van der Waals surface area contributed by atoms with Gasteiger partial charge in [0.1, 0.15) is 9.71 Å². The zero-order chi connectivity index (χ0) is 19.7. The monoisotopic (exact) mass is 389 g/mol. The van der Waals surface area contributed by atoms with Crippen LogP contribution in [0.25, 0.3) is 15.9 Å². The van der Waals surface area contributed by atoms with Gasteiger partial charge in [-0.25, -0.2) is 4.98 Å². The van der Waals surface area contributed by atoms with E-state index in [-0.39, 0.29) is 11.8 Å². The molecule has 4 rings (SSSR count). The van der Waals surface area contributed by atoms with Crippen LogP contribution in [0.1, 0.15) is 39.5 Å². The number of carbonyl (C=O) groups is 1. The quantitative estimate of drug-likeness (QED) is 0.507. The second kappa shape index (κ2) is 7.60. The number of hydrogen-bond donors (Lipinski definition) is 1. The molecule has 4 nitrogen and oxygen atoms in total. The maximum absolute atomic E-state index is 13.1. The van der Waals surface area contributed by atoms with Gasteiger partial charge in [0, 0.05) is 29.5 Å². The summed E-state index contributed by atoms with van der Waals surface area (Å²) in [4.78, 5) is 19.2. The fraction of sp³-hybridized carbons (Fsp3) is 0.217. The Morgan fingerprint density at radius 1 is 1.07 bits per heavy atom. The number of amides is 1. The van der Waals surface area contributed by atoms with Crippen molar-refractivity contribution >= 4 is 27.5 Å². The van der Waals surface area contributed by atoms with Gasteiger partial charge in [0.2, 0.25) is 0 Å². The van der Waals surface area contributed by atoms with Crippen LogP contribution in [0.15, 0.2) is 60.8 Å². The predicted octanol–water partition coefficient (Wildman–Crippen LogP) is 5.24. The number of pyridine rings is 1. The normalized spacial score (nSPS) is 12.2. The number of fused-ring (bicyclic) bond motifs is 1. The Balaban J connectivity index is 1.68. The summed E-state index contributed by atoms with van der Waals surface area (Å²) in [5.41, 5.74) is 4.36. The van der Waals surface area contributed by atoms with E-state index in [0.717, 1.165) is 27.3 Å². The Morgan fingerprint density at radius 3 is 2.50 bits per heavy atom. The first-order valence-corrected chi connectivity index (χ1v) is 10.2. The summed E-state index contributed by atoms with van der Waals surface area (Å²) in [6, 6.07) is 18.4. The molecular formula is C23H23N3OS. The van der Waals surface area contributed by atoms with Crippen LogP contribution in [0.5, 0.6) is 0 Å². The first-order valence-electron chi connectivity index (χ1n) is 9.42. The molecule has 1 atom stereocenters. The summed E-state index contributed by atoms with van der Waals surface area (Å²) >= 11 is 1.45. The highest BCUT2D eigenvalue weighted by molar-refractivity contribution is 7.21. The SMILES string of the molecule is Cc1ccc(C)n1-c1c(C(=O)NC[C@H](C)c2ccccc2)sc2ncccc12. The van der Waals surface area contributed by atoms with Crippen molar-refractivity contribution in [2.24, 2.45) is 0 Å². The lowest BCUT2D eigenvalue weighted by atomic mass is 10.0. The number of carbonyl (C=O) groups excluding carboxylic acids is 1. The van der Waals surface area contributed by atoms with Gasteiger partial charge in [-0.2, -0.15) is 0 Å². The third-order valence-electron chi connectivity index (χ3n) is 5.08. The number of nitrogens with one attached hydrogen (secondary N) is 1. The van der Waals surface area contributed by atoms with Gasteiger partial charge in [0.05, 0.1) is 5.69 Å². The molecule has 0 saturated heterocycles. The summed E-state index contributed by atoms with van der Waals surface area (Å²) in [6.45, 7) is 6.84. The first kappa shape index (κ1) is 18.4. The predicted molar refractivity (Wildman–Crippen MR) is 116 cm³/mol. The molecule has 28 heavy (non-hydrogen) atoms.